The zero-order chi connectivity index (χ0) is 29.6. The van der Waals surface area contributed by atoms with Crippen LogP contribution in [0.1, 0.15) is 47.2 Å². The summed E-state index contributed by atoms with van der Waals surface area (Å²) in [6.07, 6.45) is 9.01. The van der Waals surface area contributed by atoms with Gasteiger partial charge in [0.15, 0.2) is 12.4 Å². The highest BCUT2D eigenvalue weighted by Crippen LogP contribution is 2.54. The SMILES string of the molecule is Cc1ccc(-c2ccc(C)c[n+]2I)c(/C=C/c2ccc3c4c5c(c6ccccc6cc5c5ccc[n+](I)c5c24)C3(C)C)c1. The van der Waals surface area contributed by atoms with Crippen molar-refractivity contribution >= 4 is 101 Å². The van der Waals surface area contributed by atoms with Crippen LogP contribution in [0.25, 0.3) is 66.6 Å². The predicted octanol–water partition coefficient (Wildman–Crippen LogP) is 10.4. The fourth-order valence-corrected chi connectivity index (χ4v) is 8.90. The minimum atomic E-state index is -0.0987. The van der Waals surface area contributed by atoms with E-state index >= 15 is 0 Å². The molecule has 0 saturated carbocycles. The van der Waals surface area contributed by atoms with Crippen LogP contribution in [0.2, 0.25) is 0 Å². The number of fused-ring (bicyclic) bond motifs is 5. The smallest absolute Gasteiger partial charge is 0.136 e. The second kappa shape index (κ2) is 9.83. The molecular weight excluding hydrogens is 750 g/mol. The minimum Gasteiger partial charge on any atom is -0.136 e. The van der Waals surface area contributed by atoms with Gasteiger partial charge in [-0.1, -0.05) is 80.1 Å². The number of halogens is 2. The van der Waals surface area contributed by atoms with E-state index in [2.05, 4.69) is 188 Å². The van der Waals surface area contributed by atoms with Crippen LogP contribution in [-0.2, 0) is 5.41 Å². The summed E-state index contributed by atoms with van der Waals surface area (Å²) in [7, 11) is 0. The first kappa shape index (κ1) is 27.2. The highest BCUT2D eigenvalue weighted by atomic mass is 127. The van der Waals surface area contributed by atoms with E-state index in [1.807, 2.05) is 0 Å². The molecule has 1 aliphatic carbocycles. The number of pyridine rings is 2. The van der Waals surface area contributed by atoms with E-state index in [9.17, 15) is 0 Å². The summed E-state index contributed by atoms with van der Waals surface area (Å²) in [6, 6.07) is 31.7. The summed E-state index contributed by atoms with van der Waals surface area (Å²) in [5, 5.41) is 9.48. The van der Waals surface area contributed by atoms with E-state index in [-0.39, 0.29) is 5.41 Å². The van der Waals surface area contributed by atoms with Gasteiger partial charge in [-0.15, -0.1) is 5.56 Å². The molecule has 7 aromatic rings. The van der Waals surface area contributed by atoms with Crippen LogP contribution in [0.4, 0.5) is 0 Å². The molecule has 0 bridgehead atoms. The molecule has 208 valence electrons. The zero-order valence-corrected chi connectivity index (χ0v) is 28.9. The molecule has 0 unspecified atom stereocenters. The van der Waals surface area contributed by atoms with Crippen molar-refractivity contribution in [3.63, 3.8) is 0 Å². The molecule has 2 aromatic heterocycles. The fourth-order valence-electron chi connectivity index (χ4n) is 7.35. The molecule has 8 rings (SSSR count). The van der Waals surface area contributed by atoms with E-state index < -0.39 is 0 Å². The van der Waals surface area contributed by atoms with Gasteiger partial charge in [0.2, 0.25) is 11.2 Å². The third-order valence-corrected chi connectivity index (χ3v) is 10.9. The second-order valence-electron chi connectivity index (χ2n) is 12.4. The molecule has 0 amide bonds. The molecule has 0 saturated heterocycles. The maximum atomic E-state index is 2.46. The number of aryl methyl sites for hydroxylation is 2. The molecule has 0 spiro atoms. The molecule has 0 N–H and O–H groups in total. The Morgan fingerprint density at radius 1 is 0.651 bits per heavy atom. The Balaban J connectivity index is 1.46. The maximum absolute atomic E-state index is 2.46. The van der Waals surface area contributed by atoms with Crippen LogP contribution in [0.3, 0.4) is 0 Å². The fraction of sp³-hybridized carbons (Fsp3) is 0.128. The van der Waals surface area contributed by atoms with E-state index in [1.54, 1.807) is 0 Å². The van der Waals surface area contributed by atoms with Crippen molar-refractivity contribution in [2.45, 2.75) is 33.1 Å². The van der Waals surface area contributed by atoms with E-state index in [0.717, 1.165) is 0 Å². The van der Waals surface area contributed by atoms with Gasteiger partial charge >= 0.3 is 45.7 Å². The van der Waals surface area contributed by atoms with Gasteiger partial charge in [-0.2, -0.15) is 0 Å². The molecular formula is C39H30I2N2+2. The first-order valence-electron chi connectivity index (χ1n) is 14.7. The number of rotatable bonds is 3. The summed E-state index contributed by atoms with van der Waals surface area (Å²) < 4.78 is 4.49. The maximum Gasteiger partial charge on any atom is 0.354 e. The number of hydrogen-bond acceptors (Lipinski definition) is 0. The van der Waals surface area contributed by atoms with Gasteiger partial charge in [0.25, 0.3) is 0 Å². The van der Waals surface area contributed by atoms with Crippen molar-refractivity contribution in [1.82, 2.24) is 0 Å². The van der Waals surface area contributed by atoms with Crippen LogP contribution in [0.15, 0.2) is 97.3 Å². The van der Waals surface area contributed by atoms with Gasteiger partial charge in [-0.25, -0.2) is 0 Å². The van der Waals surface area contributed by atoms with Crippen molar-refractivity contribution in [1.29, 1.82) is 0 Å². The van der Waals surface area contributed by atoms with Gasteiger partial charge in [-0.3, -0.25) is 0 Å². The first-order valence-corrected chi connectivity index (χ1v) is 16.6. The lowest BCUT2D eigenvalue weighted by Gasteiger charge is -2.23. The third-order valence-electron chi connectivity index (χ3n) is 9.29. The topological polar surface area (TPSA) is 7.76 Å². The average Bonchev–Trinajstić information content (AvgIpc) is 3.23. The van der Waals surface area contributed by atoms with Crippen molar-refractivity contribution in [3.05, 3.63) is 131 Å². The number of hydrogen-bond donors (Lipinski definition) is 0. The normalized spacial score (nSPS) is 13.9. The van der Waals surface area contributed by atoms with Crippen molar-refractivity contribution in [2.75, 3.05) is 0 Å². The van der Waals surface area contributed by atoms with Crippen LogP contribution in [-0.4, -0.2) is 0 Å². The van der Waals surface area contributed by atoms with E-state index in [0.29, 0.717) is 0 Å². The summed E-state index contributed by atoms with van der Waals surface area (Å²) in [5.41, 5.74) is 11.5. The van der Waals surface area contributed by atoms with E-state index in [4.69, 9.17) is 0 Å². The van der Waals surface area contributed by atoms with Gasteiger partial charge in [0, 0.05) is 28.5 Å². The standard InChI is InChI=1S/C39H30I2N2/c1-23-11-16-28(33-18-12-24(2)22-43(33)41)27(20-23)14-13-25-15-17-32-36-34(25)38-30(10-7-19-42(38)40)31-21-26-8-5-6-9-29(26)37(35(31)36)39(32,3)4/h5-22H,1-4H3/q+2/b14-13+. The van der Waals surface area contributed by atoms with Crippen LogP contribution >= 0.6 is 45.7 Å². The summed E-state index contributed by atoms with van der Waals surface area (Å²) in [4.78, 5) is 0. The second-order valence-corrected chi connectivity index (χ2v) is 14.5. The van der Waals surface area contributed by atoms with E-state index in [1.165, 1.54) is 87.9 Å². The number of benzene rings is 5. The van der Waals surface area contributed by atoms with Crippen LogP contribution in [0, 0.1) is 13.8 Å². The van der Waals surface area contributed by atoms with Gasteiger partial charge in [0.1, 0.15) is 0 Å². The number of aromatic nitrogens is 2. The molecule has 1 aliphatic rings. The molecule has 0 aliphatic heterocycles. The molecule has 2 heterocycles. The first-order chi connectivity index (χ1) is 20.7. The zero-order valence-electron chi connectivity index (χ0n) is 24.5. The Morgan fingerprint density at radius 3 is 2.26 bits per heavy atom. The molecule has 43 heavy (non-hydrogen) atoms. The lowest BCUT2D eigenvalue weighted by Crippen LogP contribution is -2.22. The van der Waals surface area contributed by atoms with Crippen molar-refractivity contribution in [2.24, 2.45) is 0 Å². The van der Waals surface area contributed by atoms with Crippen molar-refractivity contribution < 1.29 is 5.56 Å². The van der Waals surface area contributed by atoms with Gasteiger partial charge in [-0.05, 0) is 81.9 Å². The van der Waals surface area contributed by atoms with Crippen LogP contribution < -0.4 is 5.56 Å². The Bertz CT molecular complexity index is 2370. The third kappa shape index (κ3) is 4.02. The van der Waals surface area contributed by atoms with Gasteiger partial charge < -0.3 is 0 Å². The Morgan fingerprint density at radius 2 is 1.42 bits per heavy atom. The largest absolute Gasteiger partial charge is 0.354 e. The van der Waals surface area contributed by atoms with Gasteiger partial charge in [0.05, 0.1) is 16.3 Å². The summed E-state index contributed by atoms with van der Waals surface area (Å²) in [5.74, 6) is 0. The predicted molar refractivity (Wildman–Crippen MR) is 198 cm³/mol. The minimum absolute atomic E-state index is 0.0987. The summed E-state index contributed by atoms with van der Waals surface area (Å²) in [6.45, 7) is 9.12. The highest BCUT2D eigenvalue weighted by molar-refractivity contribution is 14.1. The molecule has 4 heteroatoms. The summed E-state index contributed by atoms with van der Waals surface area (Å²) >= 11 is 4.86. The Kier molecular flexibility index (Phi) is 6.22. The van der Waals surface area contributed by atoms with Crippen LogP contribution in [0.5, 0.6) is 0 Å². The molecule has 0 fully saturated rings. The average molecular weight is 780 g/mol. The number of nitrogens with zero attached hydrogens (tertiary/aromatic N) is 2. The Labute approximate surface area is 279 Å². The molecule has 0 atom stereocenters. The molecule has 5 aromatic carbocycles. The molecule has 2 nitrogen and oxygen atoms in total. The lowest BCUT2D eigenvalue weighted by atomic mass is 9.79. The van der Waals surface area contributed by atoms with Crippen molar-refractivity contribution in [3.8, 4) is 11.3 Å². The Hall–Kier alpha value is -3.36. The highest BCUT2D eigenvalue weighted by Gasteiger charge is 2.38. The monoisotopic (exact) mass is 780 g/mol. The quantitative estimate of drug-likeness (QED) is 0.0731. The molecule has 0 radical (unpaired) electrons. The lowest BCUT2D eigenvalue weighted by molar-refractivity contribution is -0.427.